The number of benzene rings is 3. The molecular formula is C23H15NOS. The third kappa shape index (κ3) is 2.29. The van der Waals surface area contributed by atoms with Gasteiger partial charge in [-0.1, -0.05) is 48.5 Å². The molecule has 0 bridgehead atoms. The smallest absolute Gasteiger partial charge is 0.160 e. The zero-order valence-electron chi connectivity index (χ0n) is 13.9. The Labute approximate surface area is 154 Å². The van der Waals surface area contributed by atoms with Crippen LogP contribution in [0.1, 0.15) is 9.67 Å². The molecule has 26 heavy (non-hydrogen) atoms. The van der Waals surface area contributed by atoms with Gasteiger partial charge in [-0.15, -0.1) is 11.3 Å². The zero-order chi connectivity index (χ0) is 17.5. The lowest BCUT2D eigenvalue weighted by atomic mass is 10.1. The molecule has 2 heterocycles. The van der Waals surface area contributed by atoms with E-state index >= 15 is 0 Å². The van der Waals surface area contributed by atoms with Crippen molar-refractivity contribution in [2.45, 2.75) is 0 Å². The first-order valence-corrected chi connectivity index (χ1v) is 9.31. The summed E-state index contributed by atoms with van der Waals surface area (Å²) in [5.74, 6) is 0. The maximum atomic E-state index is 11.0. The minimum absolute atomic E-state index is 0.753. The van der Waals surface area contributed by atoms with Gasteiger partial charge in [-0.3, -0.25) is 4.79 Å². The summed E-state index contributed by atoms with van der Waals surface area (Å²) in [6, 6.07) is 29.4. The van der Waals surface area contributed by atoms with Crippen molar-refractivity contribution in [2.75, 3.05) is 0 Å². The van der Waals surface area contributed by atoms with Crippen LogP contribution >= 0.6 is 11.3 Å². The lowest BCUT2D eigenvalue weighted by molar-refractivity contribution is 0.112. The fraction of sp³-hybridized carbons (Fsp3) is 0. The lowest BCUT2D eigenvalue weighted by Gasteiger charge is -2.08. The fourth-order valence-corrected chi connectivity index (χ4v) is 4.37. The van der Waals surface area contributed by atoms with Crippen molar-refractivity contribution in [1.82, 2.24) is 4.57 Å². The molecule has 5 rings (SSSR count). The zero-order valence-corrected chi connectivity index (χ0v) is 14.7. The molecule has 0 saturated carbocycles. The van der Waals surface area contributed by atoms with Crippen LogP contribution in [0.5, 0.6) is 0 Å². The minimum Gasteiger partial charge on any atom is -0.309 e. The number of fused-ring (bicyclic) bond motifs is 3. The van der Waals surface area contributed by atoms with Crippen LogP contribution in [0.25, 0.3) is 37.9 Å². The maximum Gasteiger partial charge on any atom is 0.160 e. The Morgan fingerprint density at radius 2 is 1.50 bits per heavy atom. The Hall–Kier alpha value is -3.17. The van der Waals surface area contributed by atoms with Gasteiger partial charge < -0.3 is 4.57 Å². The second-order valence-electron chi connectivity index (χ2n) is 6.24. The molecule has 0 aliphatic carbocycles. The van der Waals surface area contributed by atoms with Crippen molar-refractivity contribution in [1.29, 1.82) is 0 Å². The highest BCUT2D eigenvalue weighted by molar-refractivity contribution is 7.17. The van der Waals surface area contributed by atoms with E-state index in [0.29, 0.717) is 0 Å². The van der Waals surface area contributed by atoms with Crippen molar-refractivity contribution in [2.24, 2.45) is 0 Å². The van der Waals surface area contributed by atoms with Gasteiger partial charge in [-0.2, -0.15) is 0 Å². The van der Waals surface area contributed by atoms with Crippen LogP contribution in [0.3, 0.4) is 0 Å². The van der Waals surface area contributed by atoms with Crippen molar-refractivity contribution in [3.05, 3.63) is 89.8 Å². The molecule has 2 nitrogen and oxygen atoms in total. The van der Waals surface area contributed by atoms with E-state index in [1.165, 1.54) is 33.1 Å². The van der Waals surface area contributed by atoms with Gasteiger partial charge >= 0.3 is 0 Å². The molecule has 5 aromatic rings. The number of rotatable bonds is 3. The molecule has 0 radical (unpaired) electrons. The average molecular weight is 353 g/mol. The second-order valence-corrected chi connectivity index (χ2v) is 7.36. The molecule has 2 aromatic heterocycles. The van der Waals surface area contributed by atoms with E-state index < -0.39 is 0 Å². The van der Waals surface area contributed by atoms with E-state index in [9.17, 15) is 4.79 Å². The summed E-state index contributed by atoms with van der Waals surface area (Å²) in [5.41, 5.74) is 4.66. The standard InChI is InChI=1S/C23H15NOS/c25-15-18-11-13-23(26-18)16-10-12-20-19-8-4-5-9-21(19)24(22(20)14-16)17-6-2-1-3-7-17/h1-15H. The number of hydrogen-bond donors (Lipinski definition) is 0. The molecule has 0 aliphatic rings. The Bertz CT molecular complexity index is 1250. The van der Waals surface area contributed by atoms with E-state index in [1.54, 1.807) is 0 Å². The number of aldehydes is 1. The summed E-state index contributed by atoms with van der Waals surface area (Å²) in [6.07, 6.45) is 0.910. The number of carbonyl (C=O) groups is 1. The van der Waals surface area contributed by atoms with Crippen LogP contribution in [0.15, 0.2) is 84.9 Å². The van der Waals surface area contributed by atoms with E-state index in [2.05, 4.69) is 71.3 Å². The Balaban J connectivity index is 1.84. The fourth-order valence-electron chi connectivity index (χ4n) is 3.55. The topological polar surface area (TPSA) is 22.0 Å². The van der Waals surface area contributed by atoms with Gasteiger partial charge in [0, 0.05) is 21.3 Å². The van der Waals surface area contributed by atoms with Gasteiger partial charge in [-0.25, -0.2) is 0 Å². The highest BCUT2D eigenvalue weighted by Crippen LogP contribution is 2.36. The lowest BCUT2D eigenvalue weighted by Crippen LogP contribution is -1.93. The quantitative estimate of drug-likeness (QED) is 0.348. The summed E-state index contributed by atoms with van der Waals surface area (Å²) in [6.45, 7) is 0. The first kappa shape index (κ1) is 15.1. The predicted molar refractivity (Wildman–Crippen MR) is 109 cm³/mol. The van der Waals surface area contributed by atoms with Gasteiger partial charge in [-0.05, 0) is 42.0 Å². The second kappa shape index (κ2) is 5.97. The molecule has 0 spiro atoms. The summed E-state index contributed by atoms with van der Waals surface area (Å²) in [7, 11) is 0. The largest absolute Gasteiger partial charge is 0.309 e. The number of carbonyl (C=O) groups excluding carboxylic acids is 1. The van der Waals surface area contributed by atoms with E-state index in [4.69, 9.17) is 0 Å². The molecule has 0 fully saturated rings. The SMILES string of the molecule is O=Cc1ccc(-c2ccc3c4ccccc4n(-c4ccccc4)c3c2)s1. The Morgan fingerprint density at radius 3 is 2.31 bits per heavy atom. The van der Waals surface area contributed by atoms with Crippen LogP contribution in [0, 0.1) is 0 Å². The van der Waals surface area contributed by atoms with E-state index in [0.717, 1.165) is 27.3 Å². The van der Waals surface area contributed by atoms with Crippen LogP contribution in [0.2, 0.25) is 0 Å². The number of nitrogens with zero attached hydrogens (tertiary/aromatic N) is 1. The third-order valence-electron chi connectivity index (χ3n) is 4.72. The highest BCUT2D eigenvalue weighted by atomic mass is 32.1. The van der Waals surface area contributed by atoms with Gasteiger partial charge in [0.25, 0.3) is 0 Å². The molecule has 0 unspecified atom stereocenters. The third-order valence-corrected chi connectivity index (χ3v) is 5.78. The van der Waals surface area contributed by atoms with Crippen LogP contribution in [-0.2, 0) is 0 Å². The number of para-hydroxylation sites is 2. The monoisotopic (exact) mass is 353 g/mol. The summed E-state index contributed by atoms with van der Waals surface area (Å²) in [4.78, 5) is 12.9. The molecule has 0 saturated heterocycles. The van der Waals surface area contributed by atoms with Crippen LogP contribution in [0.4, 0.5) is 0 Å². The average Bonchev–Trinajstić information content (AvgIpc) is 3.31. The summed E-state index contributed by atoms with van der Waals surface area (Å²) >= 11 is 1.53. The molecular weight excluding hydrogens is 338 g/mol. The number of aromatic nitrogens is 1. The van der Waals surface area contributed by atoms with Crippen molar-refractivity contribution < 1.29 is 4.79 Å². The van der Waals surface area contributed by atoms with Crippen molar-refractivity contribution in [3.8, 4) is 16.1 Å². The van der Waals surface area contributed by atoms with Gasteiger partial charge in [0.2, 0.25) is 0 Å². The van der Waals surface area contributed by atoms with Crippen LogP contribution < -0.4 is 0 Å². The summed E-state index contributed by atoms with van der Waals surface area (Å²) < 4.78 is 2.31. The minimum atomic E-state index is 0.753. The summed E-state index contributed by atoms with van der Waals surface area (Å²) in [5, 5.41) is 2.48. The molecule has 0 N–H and O–H groups in total. The van der Waals surface area contributed by atoms with E-state index in [-0.39, 0.29) is 0 Å². The molecule has 3 aromatic carbocycles. The van der Waals surface area contributed by atoms with Crippen molar-refractivity contribution in [3.63, 3.8) is 0 Å². The number of hydrogen-bond acceptors (Lipinski definition) is 2. The molecule has 0 atom stereocenters. The first-order valence-electron chi connectivity index (χ1n) is 8.49. The Kier molecular flexibility index (Phi) is 3.47. The predicted octanol–water partition coefficient (Wildman–Crippen LogP) is 6.32. The maximum absolute atomic E-state index is 11.0. The van der Waals surface area contributed by atoms with Crippen LogP contribution in [-0.4, -0.2) is 10.9 Å². The normalized spacial score (nSPS) is 11.2. The first-order chi connectivity index (χ1) is 12.8. The van der Waals surface area contributed by atoms with Gasteiger partial charge in [0.1, 0.15) is 0 Å². The van der Waals surface area contributed by atoms with E-state index in [1.807, 2.05) is 18.2 Å². The van der Waals surface area contributed by atoms with Gasteiger partial charge in [0.15, 0.2) is 6.29 Å². The number of thiophene rings is 1. The van der Waals surface area contributed by atoms with Crippen molar-refractivity contribution >= 4 is 39.4 Å². The molecule has 0 amide bonds. The Morgan fingerprint density at radius 1 is 0.731 bits per heavy atom. The highest BCUT2D eigenvalue weighted by Gasteiger charge is 2.13. The molecule has 0 aliphatic heterocycles. The van der Waals surface area contributed by atoms with Gasteiger partial charge in [0.05, 0.1) is 15.9 Å². The molecule has 124 valence electrons. The molecule has 3 heteroatoms.